The van der Waals surface area contributed by atoms with Gasteiger partial charge in [0.15, 0.2) is 0 Å². The number of nitrogens with one attached hydrogen (secondary N) is 2. The average molecular weight is 672 g/mol. The molecule has 2 unspecified atom stereocenters. The number of ether oxygens (including phenoxy) is 1. The Morgan fingerprint density at radius 1 is 1.05 bits per heavy atom. The predicted octanol–water partition coefficient (Wildman–Crippen LogP) is 5.98. The highest BCUT2D eigenvalue weighted by molar-refractivity contribution is 9.10. The number of methoxy groups -OCH3 is 1. The van der Waals surface area contributed by atoms with Crippen LogP contribution in [0.4, 0.5) is 11.4 Å². The largest absolute Gasteiger partial charge is 0.496 e. The molecule has 1 saturated carbocycles. The van der Waals surface area contributed by atoms with Gasteiger partial charge in [0, 0.05) is 16.5 Å². The molecule has 1 fully saturated rings. The molecule has 0 radical (unpaired) electrons. The molecule has 3 aromatic rings. The van der Waals surface area contributed by atoms with E-state index in [0.29, 0.717) is 29.5 Å². The Bertz CT molecular complexity index is 1480. The number of hydrogen-bond acceptors (Lipinski definition) is 5. The van der Waals surface area contributed by atoms with Gasteiger partial charge in [0.2, 0.25) is 11.8 Å². The van der Waals surface area contributed by atoms with Gasteiger partial charge in [-0.2, -0.15) is 0 Å². The summed E-state index contributed by atoms with van der Waals surface area (Å²) in [6.45, 7) is 2.02. The Balaban J connectivity index is 0.00000423. The predicted molar refractivity (Wildman–Crippen MR) is 177 cm³/mol. The Labute approximate surface area is 268 Å². The number of halogens is 2. The van der Waals surface area contributed by atoms with Crippen LogP contribution in [-0.2, 0) is 20.9 Å². The second-order valence-corrected chi connectivity index (χ2v) is 12.2. The molecule has 1 aliphatic heterocycles. The van der Waals surface area contributed by atoms with Crippen LogP contribution < -0.4 is 25.2 Å². The number of fused-ring (bicyclic) bond motifs is 2. The molecule has 5 rings (SSSR count). The number of para-hydroxylation sites is 2. The second kappa shape index (κ2) is 14.6. The van der Waals surface area contributed by atoms with Crippen molar-refractivity contribution in [2.75, 3.05) is 30.5 Å². The van der Waals surface area contributed by atoms with Crippen molar-refractivity contribution in [1.82, 2.24) is 10.6 Å². The van der Waals surface area contributed by atoms with E-state index in [0.717, 1.165) is 46.5 Å². The smallest absolute Gasteiger partial charge is 0.251 e. The monoisotopic (exact) mass is 670 g/mol. The molecule has 0 aromatic heterocycles. The van der Waals surface area contributed by atoms with E-state index >= 15 is 0 Å². The van der Waals surface area contributed by atoms with E-state index in [4.69, 9.17) is 4.74 Å². The lowest BCUT2D eigenvalue weighted by Crippen LogP contribution is -2.55. The van der Waals surface area contributed by atoms with Gasteiger partial charge in [-0.1, -0.05) is 59.5 Å². The van der Waals surface area contributed by atoms with Crippen molar-refractivity contribution < 1.29 is 19.1 Å². The quantitative estimate of drug-likeness (QED) is 0.308. The normalized spacial score (nSPS) is 18.0. The summed E-state index contributed by atoms with van der Waals surface area (Å²) < 4.78 is 6.72. The highest BCUT2D eigenvalue weighted by Gasteiger charge is 2.38. The molecule has 3 aromatic carbocycles. The zero-order valence-electron chi connectivity index (χ0n) is 24.9. The minimum atomic E-state index is -0.925. The molecule has 1 heterocycles. The van der Waals surface area contributed by atoms with Crippen LogP contribution in [0, 0.1) is 5.92 Å². The molecule has 2 N–H and O–H groups in total. The number of amides is 3. The molecule has 3 amide bonds. The maximum atomic E-state index is 14.4. The number of anilines is 2. The summed E-state index contributed by atoms with van der Waals surface area (Å²) in [5.41, 5.74) is 2.16. The maximum Gasteiger partial charge on any atom is 0.251 e. The number of rotatable bonds is 8. The molecule has 2 atom stereocenters. The third kappa shape index (κ3) is 7.16. The summed E-state index contributed by atoms with van der Waals surface area (Å²) >= 11 is 3.56. The van der Waals surface area contributed by atoms with E-state index in [1.54, 1.807) is 30.9 Å². The molecule has 2 aliphatic rings. The van der Waals surface area contributed by atoms with Gasteiger partial charge in [0.1, 0.15) is 11.8 Å². The molecule has 1 aliphatic carbocycles. The first kappa shape index (κ1) is 32.8. The summed E-state index contributed by atoms with van der Waals surface area (Å²) in [7, 11) is 3.32. The fourth-order valence-corrected chi connectivity index (χ4v) is 6.51. The van der Waals surface area contributed by atoms with Crippen LogP contribution in [0.5, 0.6) is 5.75 Å². The first-order valence-corrected chi connectivity index (χ1v) is 15.5. The van der Waals surface area contributed by atoms with Crippen molar-refractivity contribution in [3.05, 3.63) is 64.6 Å². The van der Waals surface area contributed by atoms with E-state index in [1.807, 2.05) is 54.6 Å². The summed E-state index contributed by atoms with van der Waals surface area (Å²) in [5, 5.41) is 7.86. The number of nitrogens with zero attached hydrogens (tertiary/aromatic N) is 2. The Morgan fingerprint density at radius 3 is 2.47 bits per heavy atom. The average Bonchev–Trinajstić information content (AvgIpc) is 3.11. The number of hydrogen-bond donors (Lipinski definition) is 2. The highest BCUT2D eigenvalue weighted by Crippen LogP contribution is 2.38. The van der Waals surface area contributed by atoms with Gasteiger partial charge in [0.25, 0.3) is 5.91 Å². The minimum Gasteiger partial charge on any atom is -0.496 e. The van der Waals surface area contributed by atoms with Gasteiger partial charge in [-0.15, -0.1) is 12.4 Å². The molecule has 0 saturated heterocycles. The van der Waals surface area contributed by atoms with E-state index in [2.05, 4.69) is 26.6 Å². The molecule has 0 bridgehead atoms. The van der Waals surface area contributed by atoms with Crippen LogP contribution in [0.3, 0.4) is 0 Å². The Morgan fingerprint density at radius 2 is 1.77 bits per heavy atom. The third-order valence-corrected chi connectivity index (χ3v) is 9.10. The van der Waals surface area contributed by atoms with Crippen LogP contribution in [0.25, 0.3) is 10.8 Å². The lowest BCUT2D eigenvalue weighted by Gasteiger charge is -2.28. The Hall–Kier alpha value is -3.14. The molecule has 230 valence electrons. The lowest BCUT2D eigenvalue weighted by molar-refractivity contribution is -0.128. The summed E-state index contributed by atoms with van der Waals surface area (Å²) in [6.07, 6.45) is 6.02. The number of benzene rings is 3. The van der Waals surface area contributed by atoms with Crippen molar-refractivity contribution in [1.29, 1.82) is 0 Å². The van der Waals surface area contributed by atoms with Gasteiger partial charge in [-0.05, 0) is 73.8 Å². The lowest BCUT2D eigenvalue weighted by atomic mass is 9.86. The minimum absolute atomic E-state index is 0. The molecule has 8 nitrogen and oxygen atoms in total. The van der Waals surface area contributed by atoms with E-state index in [1.165, 1.54) is 6.42 Å². The Kier molecular flexibility index (Phi) is 11.1. The molecular weight excluding hydrogens is 632 g/mol. The van der Waals surface area contributed by atoms with E-state index in [9.17, 15) is 14.4 Å². The van der Waals surface area contributed by atoms with Gasteiger partial charge < -0.3 is 25.2 Å². The second-order valence-electron chi connectivity index (χ2n) is 11.3. The van der Waals surface area contributed by atoms with E-state index in [-0.39, 0.29) is 43.2 Å². The third-order valence-electron chi connectivity index (χ3n) is 8.61. The van der Waals surface area contributed by atoms with Crippen LogP contribution in [0.1, 0.15) is 51.0 Å². The molecule has 0 spiro atoms. The molecule has 10 heteroatoms. The zero-order chi connectivity index (χ0) is 29.8. The zero-order valence-corrected chi connectivity index (χ0v) is 27.3. The van der Waals surface area contributed by atoms with Crippen LogP contribution in [0.15, 0.2) is 59.1 Å². The number of likely N-dealkylation sites (N-methyl/N-ethyl adjacent to an activating group) is 1. The molecular formula is C33H40BrClN4O4. The standard InChI is InChI=1S/C33H39BrN4O4.ClH/c1-21(35-2)32(40)36-27-20-37(31(39)17-22-9-5-4-6-10-22)28-11-7-8-12-29(28)38(33(27)41)19-26-25-15-14-24(34)18-23(25)13-16-30(26)42-3;/h7-8,11-16,18,21-22,27,35H,4-6,9-10,17,19-20H2,1-3H3,(H,36,40);1H. The molecule has 43 heavy (non-hydrogen) atoms. The first-order chi connectivity index (χ1) is 20.3. The van der Waals surface area contributed by atoms with Crippen molar-refractivity contribution >= 4 is 68.2 Å². The van der Waals surface area contributed by atoms with E-state index < -0.39 is 12.1 Å². The fraction of sp³-hybridized carbons (Fsp3) is 0.424. The highest BCUT2D eigenvalue weighted by atomic mass is 79.9. The van der Waals surface area contributed by atoms with Crippen LogP contribution >= 0.6 is 28.3 Å². The summed E-state index contributed by atoms with van der Waals surface area (Å²) in [4.78, 5) is 44.8. The van der Waals surface area contributed by atoms with Crippen molar-refractivity contribution in [2.24, 2.45) is 5.92 Å². The first-order valence-electron chi connectivity index (χ1n) is 14.7. The van der Waals surface area contributed by atoms with Gasteiger partial charge in [-0.25, -0.2) is 0 Å². The maximum absolute atomic E-state index is 14.4. The number of carbonyl (C=O) groups excluding carboxylic acids is 3. The van der Waals surface area contributed by atoms with Crippen LogP contribution in [-0.4, -0.2) is 50.5 Å². The van der Waals surface area contributed by atoms with Gasteiger partial charge in [-0.3, -0.25) is 14.4 Å². The number of carbonyl (C=O) groups is 3. The van der Waals surface area contributed by atoms with Crippen LogP contribution in [0.2, 0.25) is 0 Å². The van der Waals surface area contributed by atoms with Crippen molar-refractivity contribution in [3.63, 3.8) is 0 Å². The SMILES string of the molecule is CNC(C)C(=O)NC1CN(C(=O)CC2CCCCC2)c2ccccc2N(Cc2c(OC)ccc3cc(Br)ccc23)C1=O.Cl. The van der Waals surface area contributed by atoms with Crippen molar-refractivity contribution in [2.45, 2.75) is 64.1 Å². The summed E-state index contributed by atoms with van der Waals surface area (Å²) in [6, 6.07) is 16.0. The van der Waals surface area contributed by atoms with Gasteiger partial charge in [0.05, 0.1) is 37.6 Å². The van der Waals surface area contributed by atoms with Crippen molar-refractivity contribution in [3.8, 4) is 5.75 Å². The fourth-order valence-electron chi connectivity index (χ4n) is 6.13. The van der Waals surface area contributed by atoms with Gasteiger partial charge >= 0.3 is 0 Å². The summed E-state index contributed by atoms with van der Waals surface area (Å²) in [5.74, 6) is 0.411. The topological polar surface area (TPSA) is 91.0 Å².